The molecule has 106 valence electrons. The second kappa shape index (κ2) is 5.78. The second-order valence-electron chi connectivity index (χ2n) is 4.42. The lowest BCUT2D eigenvalue weighted by molar-refractivity contribution is -0.385. The molecule has 2 aromatic rings. The minimum atomic E-state index is -0.557. The molecule has 1 N–H and O–H groups in total. The number of hydrogen-bond donors (Lipinski definition) is 1. The summed E-state index contributed by atoms with van der Waals surface area (Å²) in [6.45, 7) is 3.93. The van der Waals surface area contributed by atoms with Gasteiger partial charge in [0.25, 0.3) is 0 Å². The van der Waals surface area contributed by atoms with E-state index in [0.717, 1.165) is 11.1 Å². The van der Waals surface area contributed by atoms with Crippen LogP contribution < -0.4 is 5.32 Å². The van der Waals surface area contributed by atoms with Crippen LogP contribution in [-0.2, 0) is 11.3 Å². The SMILES string of the molecule is CC(C)c1scnc1NC(=O)Cn1cc([N+](=O)[O-])cn1. The van der Waals surface area contributed by atoms with Crippen LogP contribution >= 0.6 is 11.3 Å². The number of nitrogens with one attached hydrogen (secondary N) is 1. The van der Waals surface area contributed by atoms with Crippen molar-refractivity contribution in [3.8, 4) is 0 Å². The quantitative estimate of drug-likeness (QED) is 0.671. The molecule has 20 heavy (non-hydrogen) atoms. The Bertz CT molecular complexity index is 634. The first kappa shape index (κ1) is 14.1. The van der Waals surface area contributed by atoms with Crippen LogP contribution in [0.1, 0.15) is 24.6 Å². The number of hydrogen-bond acceptors (Lipinski definition) is 6. The zero-order valence-corrected chi connectivity index (χ0v) is 11.8. The van der Waals surface area contributed by atoms with Crippen LogP contribution in [0.3, 0.4) is 0 Å². The van der Waals surface area contributed by atoms with Gasteiger partial charge in [0, 0.05) is 0 Å². The number of rotatable bonds is 5. The van der Waals surface area contributed by atoms with Crippen LogP contribution in [-0.4, -0.2) is 25.6 Å². The molecule has 0 aromatic carbocycles. The highest BCUT2D eigenvalue weighted by molar-refractivity contribution is 7.10. The topological polar surface area (TPSA) is 103 Å². The second-order valence-corrected chi connectivity index (χ2v) is 5.31. The van der Waals surface area contributed by atoms with Gasteiger partial charge >= 0.3 is 5.69 Å². The molecular weight excluding hydrogens is 282 g/mol. The molecular formula is C11H13N5O3S. The van der Waals surface area contributed by atoms with Gasteiger partial charge in [-0.15, -0.1) is 11.3 Å². The van der Waals surface area contributed by atoms with E-state index >= 15 is 0 Å². The number of carbonyl (C=O) groups is 1. The Morgan fingerprint density at radius 2 is 2.35 bits per heavy atom. The van der Waals surface area contributed by atoms with Crippen molar-refractivity contribution in [2.45, 2.75) is 26.3 Å². The summed E-state index contributed by atoms with van der Waals surface area (Å²) >= 11 is 1.48. The van der Waals surface area contributed by atoms with Crippen molar-refractivity contribution in [1.29, 1.82) is 0 Å². The summed E-state index contributed by atoms with van der Waals surface area (Å²) in [6.07, 6.45) is 2.32. The summed E-state index contributed by atoms with van der Waals surface area (Å²) in [5.41, 5.74) is 1.53. The van der Waals surface area contributed by atoms with Crippen LogP contribution in [0, 0.1) is 10.1 Å². The molecule has 0 aliphatic carbocycles. The van der Waals surface area contributed by atoms with Gasteiger partial charge in [0.05, 0.1) is 15.3 Å². The summed E-state index contributed by atoms with van der Waals surface area (Å²) in [6, 6.07) is 0. The highest BCUT2D eigenvalue weighted by Gasteiger charge is 2.15. The van der Waals surface area contributed by atoms with Crippen molar-refractivity contribution in [2.75, 3.05) is 5.32 Å². The predicted molar refractivity (Wildman–Crippen MR) is 73.7 cm³/mol. The number of carbonyl (C=O) groups excluding carboxylic acids is 1. The Morgan fingerprint density at radius 1 is 1.60 bits per heavy atom. The van der Waals surface area contributed by atoms with E-state index in [1.165, 1.54) is 22.2 Å². The van der Waals surface area contributed by atoms with Crippen LogP contribution in [0.5, 0.6) is 0 Å². The third-order valence-electron chi connectivity index (χ3n) is 2.51. The molecule has 0 saturated carbocycles. The minimum absolute atomic E-state index is 0.0943. The van der Waals surface area contributed by atoms with Crippen molar-refractivity contribution < 1.29 is 9.72 Å². The van der Waals surface area contributed by atoms with Crippen LogP contribution in [0.15, 0.2) is 17.9 Å². The van der Waals surface area contributed by atoms with Gasteiger partial charge in [0.15, 0.2) is 0 Å². The standard InChI is InChI=1S/C11H13N5O3S/c1-7(2)10-11(12-6-20-10)14-9(17)5-15-4-8(3-13-15)16(18)19/h3-4,6-7H,5H2,1-2H3,(H,14,17). The zero-order valence-electron chi connectivity index (χ0n) is 10.9. The van der Waals surface area contributed by atoms with Crippen LogP contribution in [0.4, 0.5) is 11.5 Å². The van der Waals surface area contributed by atoms with Crippen LogP contribution in [0.2, 0.25) is 0 Å². The fourth-order valence-electron chi connectivity index (χ4n) is 1.61. The molecule has 0 spiro atoms. The fraction of sp³-hybridized carbons (Fsp3) is 0.364. The largest absolute Gasteiger partial charge is 0.308 e. The Labute approximate surface area is 118 Å². The van der Waals surface area contributed by atoms with E-state index in [1.54, 1.807) is 5.51 Å². The van der Waals surface area contributed by atoms with E-state index in [2.05, 4.69) is 15.4 Å². The van der Waals surface area contributed by atoms with Crippen LogP contribution in [0.25, 0.3) is 0 Å². The molecule has 0 aliphatic heterocycles. The monoisotopic (exact) mass is 295 g/mol. The number of thiazole rings is 1. The molecule has 1 amide bonds. The van der Waals surface area contributed by atoms with E-state index in [0.29, 0.717) is 5.82 Å². The summed E-state index contributed by atoms with van der Waals surface area (Å²) in [4.78, 5) is 26.9. The van der Waals surface area contributed by atoms with Gasteiger partial charge in [-0.05, 0) is 5.92 Å². The predicted octanol–water partition coefficient (Wildman–Crippen LogP) is 2.01. The van der Waals surface area contributed by atoms with Gasteiger partial charge in [0.2, 0.25) is 5.91 Å². The van der Waals surface area contributed by atoms with Gasteiger partial charge in [0.1, 0.15) is 24.8 Å². The molecule has 0 radical (unpaired) electrons. The fourth-order valence-corrected chi connectivity index (χ4v) is 2.37. The molecule has 0 saturated heterocycles. The molecule has 2 aromatic heterocycles. The molecule has 9 heteroatoms. The maximum atomic E-state index is 11.9. The first-order valence-electron chi connectivity index (χ1n) is 5.87. The van der Waals surface area contributed by atoms with Crippen molar-refractivity contribution in [3.63, 3.8) is 0 Å². The summed E-state index contributed by atoms with van der Waals surface area (Å²) in [7, 11) is 0. The molecule has 8 nitrogen and oxygen atoms in total. The highest BCUT2D eigenvalue weighted by Crippen LogP contribution is 2.27. The molecule has 2 heterocycles. The zero-order chi connectivity index (χ0) is 14.7. The van der Waals surface area contributed by atoms with Gasteiger partial charge in [-0.3, -0.25) is 19.6 Å². The van der Waals surface area contributed by atoms with Gasteiger partial charge < -0.3 is 5.32 Å². The van der Waals surface area contributed by atoms with Crippen molar-refractivity contribution in [3.05, 3.63) is 32.9 Å². The lowest BCUT2D eigenvalue weighted by Gasteiger charge is -2.07. The van der Waals surface area contributed by atoms with Gasteiger partial charge in [-0.1, -0.05) is 13.8 Å². The highest BCUT2D eigenvalue weighted by atomic mass is 32.1. The Hall–Kier alpha value is -2.29. The normalized spacial score (nSPS) is 10.8. The molecule has 0 aliphatic rings. The van der Waals surface area contributed by atoms with E-state index in [9.17, 15) is 14.9 Å². The molecule has 0 bridgehead atoms. The Morgan fingerprint density at radius 3 is 2.95 bits per heavy atom. The first-order valence-corrected chi connectivity index (χ1v) is 6.75. The maximum Gasteiger partial charge on any atom is 0.307 e. The average Bonchev–Trinajstić information content (AvgIpc) is 2.97. The van der Waals surface area contributed by atoms with E-state index in [-0.39, 0.29) is 24.1 Å². The molecule has 0 fully saturated rings. The molecule has 0 atom stereocenters. The average molecular weight is 295 g/mol. The van der Waals surface area contributed by atoms with E-state index < -0.39 is 4.92 Å². The van der Waals surface area contributed by atoms with Crippen molar-refractivity contribution in [1.82, 2.24) is 14.8 Å². The number of nitrogens with zero attached hydrogens (tertiary/aromatic N) is 4. The maximum absolute atomic E-state index is 11.9. The van der Waals surface area contributed by atoms with Gasteiger partial charge in [-0.2, -0.15) is 5.10 Å². The lowest BCUT2D eigenvalue weighted by atomic mass is 10.2. The number of nitro groups is 1. The van der Waals surface area contributed by atoms with E-state index in [4.69, 9.17) is 0 Å². The van der Waals surface area contributed by atoms with Gasteiger partial charge in [-0.25, -0.2) is 4.98 Å². The third-order valence-corrected chi connectivity index (χ3v) is 3.64. The number of anilines is 1. The van der Waals surface area contributed by atoms with Crippen molar-refractivity contribution in [2.24, 2.45) is 0 Å². The van der Waals surface area contributed by atoms with Crippen molar-refractivity contribution >= 4 is 28.7 Å². The Balaban J connectivity index is 2.01. The summed E-state index contributed by atoms with van der Waals surface area (Å²) in [5.74, 6) is 0.482. The third kappa shape index (κ3) is 3.18. The lowest BCUT2D eigenvalue weighted by Crippen LogP contribution is -2.20. The number of amides is 1. The van der Waals surface area contributed by atoms with E-state index in [1.807, 2.05) is 13.8 Å². The Kier molecular flexibility index (Phi) is 4.08. The molecule has 0 unspecified atom stereocenters. The minimum Gasteiger partial charge on any atom is -0.308 e. The first-order chi connectivity index (χ1) is 9.47. The number of aromatic nitrogens is 3. The summed E-state index contributed by atoms with van der Waals surface area (Å²) < 4.78 is 1.22. The summed E-state index contributed by atoms with van der Waals surface area (Å²) in [5, 5.41) is 17.0. The molecule has 2 rings (SSSR count). The smallest absolute Gasteiger partial charge is 0.307 e.